The molecule has 0 aliphatic carbocycles. The van der Waals surface area contributed by atoms with Crippen molar-refractivity contribution < 1.29 is 0 Å². The monoisotopic (exact) mass is 525 g/mol. The third-order valence-electron chi connectivity index (χ3n) is 6.88. The SMILES string of the molecule is c1ccc2sc(-n3c4ccccc4c4nc5c6ncccc6n(-c6nc7ccccc7s6)c5nc43)nc2c1. The molecular weight excluding hydrogens is 511 g/mol. The van der Waals surface area contributed by atoms with E-state index in [1.54, 1.807) is 28.9 Å². The van der Waals surface area contributed by atoms with Crippen molar-refractivity contribution in [2.75, 3.05) is 0 Å². The number of rotatable bonds is 2. The number of hydrogen-bond acceptors (Lipinski definition) is 7. The Bertz CT molecular complexity index is 2140. The molecule has 0 fully saturated rings. The highest BCUT2D eigenvalue weighted by Crippen LogP contribution is 2.37. The highest BCUT2D eigenvalue weighted by atomic mass is 32.1. The maximum atomic E-state index is 5.30. The van der Waals surface area contributed by atoms with Gasteiger partial charge in [0.15, 0.2) is 21.6 Å². The first kappa shape index (κ1) is 20.3. The van der Waals surface area contributed by atoms with E-state index in [4.69, 9.17) is 24.9 Å². The molecule has 0 aliphatic rings. The molecule has 0 spiro atoms. The summed E-state index contributed by atoms with van der Waals surface area (Å²) in [5.41, 5.74) is 7.81. The normalized spacial score (nSPS) is 12.2. The van der Waals surface area contributed by atoms with Crippen molar-refractivity contribution >= 4 is 87.4 Å². The fourth-order valence-corrected chi connectivity index (χ4v) is 7.19. The summed E-state index contributed by atoms with van der Waals surface area (Å²) in [5, 5.41) is 2.75. The van der Waals surface area contributed by atoms with Gasteiger partial charge in [-0.1, -0.05) is 65.1 Å². The molecule has 0 amide bonds. The number of hydrogen-bond donors (Lipinski definition) is 0. The van der Waals surface area contributed by atoms with Crippen molar-refractivity contribution in [1.82, 2.24) is 34.1 Å². The van der Waals surface area contributed by atoms with Crippen molar-refractivity contribution in [2.24, 2.45) is 0 Å². The first-order valence-electron chi connectivity index (χ1n) is 12.1. The number of benzene rings is 3. The number of pyridine rings is 1. The van der Waals surface area contributed by atoms with Gasteiger partial charge in [-0.05, 0) is 42.5 Å². The second kappa shape index (κ2) is 7.41. The first-order valence-corrected chi connectivity index (χ1v) is 13.7. The van der Waals surface area contributed by atoms with Crippen LogP contribution in [0.4, 0.5) is 0 Å². The van der Waals surface area contributed by atoms with E-state index in [0.717, 1.165) is 75.0 Å². The van der Waals surface area contributed by atoms with Crippen LogP contribution in [0.5, 0.6) is 0 Å². The Balaban J connectivity index is 1.45. The minimum Gasteiger partial charge on any atom is -0.268 e. The summed E-state index contributed by atoms with van der Waals surface area (Å²) < 4.78 is 6.49. The van der Waals surface area contributed by atoms with Crippen LogP contribution in [0.25, 0.3) is 75.0 Å². The fraction of sp³-hybridized carbons (Fsp3) is 0. The standard InChI is InChI=1S/C29H15N7S2/c1-4-11-19-16(8-1)23-26(35(19)28-31-17-9-2-5-13-21(17)37-28)34-27-25(33-23)24-20(12-7-15-30-24)36(27)29-32-18-10-3-6-14-22(18)38-29/h1-15H. The molecule has 0 saturated heterocycles. The van der Waals surface area contributed by atoms with Gasteiger partial charge in [0.1, 0.15) is 16.6 Å². The first-order chi connectivity index (χ1) is 18.8. The number of thiazole rings is 2. The molecule has 178 valence electrons. The van der Waals surface area contributed by atoms with Crippen molar-refractivity contribution in [3.8, 4) is 10.3 Å². The zero-order valence-corrected chi connectivity index (χ0v) is 21.2. The lowest BCUT2D eigenvalue weighted by Gasteiger charge is -2.04. The molecule has 7 nitrogen and oxygen atoms in total. The summed E-state index contributed by atoms with van der Waals surface area (Å²) in [4.78, 5) is 25.2. The molecule has 0 atom stereocenters. The molecule has 3 aromatic carbocycles. The molecule has 9 heteroatoms. The Hall–Kier alpha value is -4.73. The predicted octanol–water partition coefficient (Wildman–Crippen LogP) is 7.29. The molecule has 0 radical (unpaired) electrons. The van der Waals surface area contributed by atoms with Crippen molar-refractivity contribution in [3.05, 3.63) is 91.1 Å². The molecule has 9 rings (SSSR count). The smallest absolute Gasteiger partial charge is 0.196 e. The van der Waals surface area contributed by atoms with Crippen molar-refractivity contribution in [1.29, 1.82) is 0 Å². The van der Waals surface area contributed by atoms with E-state index in [-0.39, 0.29) is 0 Å². The number of nitrogens with zero attached hydrogens (tertiary/aromatic N) is 7. The Morgan fingerprint density at radius 1 is 0.500 bits per heavy atom. The van der Waals surface area contributed by atoms with Crippen LogP contribution in [0.3, 0.4) is 0 Å². The van der Waals surface area contributed by atoms with Crippen LogP contribution >= 0.6 is 22.7 Å². The number of para-hydroxylation sites is 3. The minimum absolute atomic E-state index is 0.732. The molecular formula is C29H15N7S2. The van der Waals surface area contributed by atoms with Crippen LogP contribution in [0.1, 0.15) is 0 Å². The van der Waals surface area contributed by atoms with Crippen LogP contribution in [-0.2, 0) is 0 Å². The van der Waals surface area contributed by atoms with E-state index < -0.39 is 0 Å². The van der Waals surface area contributed by atoms with Gasteiger partial charge in [0.25, 0.3) is 0 Å². The summed E-state index contributed by atoms with van der Waals surface area (Å²) in [7, 11) is 0. The van der Waals surface area contributed by atoms with Crippen LogP contribution in [-0.4, -0.2) is 34.1 Å². The largest absolute Gasteiger partial charge is 0.268 e. The lowest BCUT2D eigenvalue weighted by molar-refractivity contribution is 1.08. The zero-order valence-electron chi connectivity index (χ0n) is 19.6. The minimum atomic E-state index is 0.732. The lowest BCUT2D eigenvalue weighted by atomic mass is 10.2. The van der Waals surface area contributed by atoms with Crippen LogP contribution in [0.2, 0.25) is 0 Å². The molecule has 0 unspecified atom stereocenters. The Morgan fingerprint density at radius 3 is 1.84 bits per heavy atom. The van der Waals surface area contributed by atoms with E-state index >= 15 is 0 Å². The lowest BCUT2D eigenvalue weighted by Crippen LogP contribution is -1.99. The van der Waals surface area contributed by atoms with Gasteiger partial charge in [0.2, 0.25) is 0 Å². The van der Waals surface area contributed by atoms with Gasteiger partial charge < -0.3 is 0 Å². The molecule has 0 aliphatic heterocycles. The number of fused-ring (bicyclic) bond motifs is 8. The Kier molecular flexibility index (Phi) is 3.96. The Morgan fingerprint density at radius 2 is 1.11 bits per heavy atom. The van der Waals surface area contributed by atoms with Crippen LogP contribution in [0.15, 0.2) is 91.1 Å². The maximum absolute atomic E-state index is 5.30. The number of aromatic nitrogens is 7. The summed E-state index contributed by atoms with van der Waals surface area (Å²) in [6, 6.07) is 28.7. The Labute approximate surface area is 222 Å². The molecule has 0 N–H and O–H groups in total. The summed E-state index contributed by atoms with van der Waals surface area (Å²) in [5.74, 6) is 0. The second-order valence-electron chi connectivity index (χ2n) is 9.06. The van der Waals surface area contributed by atoms with Gasteiger partial charge in [0, 0.05) is 11.6 Å². The average Bonchev–Trinajstić information content (AvgIpc) is 3.71. The zero-order chi connectivity index (χ0) is 24.8. The van der Waals surface area contributed by atoms with Gasteiger partial charge in [-0.25, -0.2) is 19.9 Å². The van der Waals surface area contributed by atoms with Crippen LogP contribution < -0.4 is 0 Å². The van der Waals surface area contributed by atoms with E-state index in [9.17, 15) is 0 Å². The highest BCUT2D eigenvalue weighted by molar-refractivity contribution is 7.21. The van der Waals surface area contributed by atoms with Crippen molar-refractivity contribution in [3.63, 3.8) is 0 Å². The van der Waals surface area contributed by atoms with Crippen molar-refractivity contribution in [2.45, 2.75) is 0 Å². The van der Waals surface area contributed by atoms with E-state index in [1.807, 2.05) is 54.6 Å². The third kappa shape index (κ3) is 2.69. The summed E-state index contributed by atoms with van der Waals surface area (Å²) >= 11 is 3.29. The average molecular weight is 526 g/mol. The van der Waals surface area contributed by atoms with Gasteiger partial charge in [-0.15, -0.1) is 0 Å². The maximum Gasteiger partial charge on any atom is 0.196 e. The predicted molar refractivity (Wildman–Crippen MR) is 155 cm³/mol. The fourth-order valence-electron chi connectivity index (χ4n) is 5.22. The van der Waals surface area contributed by atoms with E-state index in [1.165, 1.54) is 0 Å². The third-order valence-corrected chi connectivity index (χ3v) is 8.93. The molecule has 0 bridgehead atoms. The van der Waals surface area contributed by atoms with E-state index in [2.05, 4.69) is 39.5 Å². The summed E-state index contributed by atoms with van der Waals surface area (Å²) in [6.45, 7) is 0. The quantitative estimate of drug-likeness (QED) is 0.237. The molecule has 0 saturated carbocycles. The molecule has 9 aromatic rings. The van der Waals surface area contributed by atoms with Gasteiger partial charge >= 0.3 is 0 Å². The van der Waals surface area contributed by atoms with Gasteiger partial charge in [0.05, 0.1) is 31.5 Å². The van der Waals surface area contributed by atoms with Crippen LogP contribution in [0, 0.1) is 0 Å². The topological polar surface area (TPSA) is 74.3 Å². The highest BCUT2D eigenvalue weighted by Gasteiger charge is 2.23. The van der Waals surface area contributed by atoms with E-state index in [0.29, 0.717) is 0 Å². The summed E-state index contributed by atoms with van der Waals surface area (Å²) in [6.07, 6.45) is 1.81. The molecule has 38 heavy (non-hydrogen) atoms. The molecule has 6 aromatic heterocycles. The van der Waals surface area contributed by atoms with Gasteiger partial charge in [-0.3, -0.25) is 14.1 Å². The molecule has 6 heterocycles. The van der Waals surface area contributed by atoms with Gasteiger partial charge in [-0.2, -0.15) is 0 Å². The second-order valence-corrected chi connectivity index (χ2v) is 11.1.